The number of piperidine rings is 1. The summed E-state index contributed by atoms with van der Waals surface area (Å²) in [6.45, 7) is 8.55. The van der Waals surface area contributed by atoms with E-state index in [2.05, 4.69) is 15.1 Å². The lowest BCUT2D eigenvalue weighted by molar-refractivity contribution is -0.127. The Balaban J connectivity index is 1.54. The van der Waals surface area contributed by atoms with Crippen LogP contribution in [0.25, 0.3) is 0 Å². The number of amides is 2. The Morgan fingerprint density at radius 2 is 1.81 bits per heavy atom. The molecule has 1 N–H and O–H groups in total. The number of hydrogen-bond acceptors (Lipinski definition) is 4. The molecular formula is C20H30N4O2. The van der Waals surface area contributed by atoms with E-state index in [9.17, 15) is 9.59 Å². The molecule has 0 bridgehead atoms. The number of anilines is 1. The first-order valence-electron chi connectivity index (χ1n) is 9.67. The number of nitrogens with zero attached hydrogens (tertiary/aromatic N) is 3. The van der Waals surface area contributed by atoms with Crippen LogP contribution in [0.3, 0.4) is 0 Å². The predicted molar refractivity (Wildman–Crippen MR) is 103 cm³/mol. The van der Waals surface area contributed by atoms with Crippen LogP contribution < -0.4 is 10.2 Å². The lowest BCUT2D eigenvalue weighted by Gasteiger charge is -2.42. The van der Waals surface area contributed by atoms with Gasteiger partial charge < -0.3 is 10.2 Å². The van der Waals surface area contributed by atoms with Crippen LogP contribution in [0.5, 0.6) is 0 Å². The SMILES string of the molecule is CC(C)NC(=O)CN1CCN([C@@H]2CCCN(c3ccccc3)C2=O)CC1. The van der Waals surface area contributed by atoms with Crippen molar-refractivity contribution in [1.29, 1.82) is 0 Å². The molecule has 0 radical (unpaired) electrons. The number of piperazine rings is 1. The highest BCUT2D eigenvalue weighted by atomic mass is 16.2. The van der Waals surface area contributed by atoms with E-state index in [0.29, 0.717) is 6.54 Å². The number of para-hydroxylation sites is 1. The Bertz CT molecular complexity index is 611. The Kier molecular flexibility index (Phi) is 6.27. The first-order chi connectivity index (χ1) is 12.5. The number of nitrogens with one attached hydrogen (secondary N) is 1. The molecule has 3 rings (SSSR count). The number of carbonyl (C=O) groups excluding carboxylic acids is 2. The number of hydrogen-bond donors (Lipinski definition) is 1. The van der Waals surface area contributed by atoms with Gasteiger partial charge in [0, 0.05) is 44.5 Å². The van der Waals surface area contributed by atoms with Crippen LogP contribution in [0.4, 0.5) is 5.69 Å². The molecule has 26 heavy (non-hydrogen) atoms. The second-order valence-electron chi connectivity index (χ2n) is 7.52. The molecule has 2 saturated heterocycles. The summed E-state index contributed by atoms with van der Waals surface area (Å²) < 4.78 is 0. The largest absolute Gasteiger partial charge is 0.353 e. The Morgan fingerprint density at radius 3 is 2.46 bits per heavy atom. The third kappa shape index (κ3) is 4.62. The average Bonchev–Trinajstić information content (AvgIpc) is 2.63. The van der Waals surface area contributed by atoms with Gasteiger partial charge >= 0.3 is 0 Å². The normalized spacial score (nSPS) is 22.7. The van der Waals surface area contributed by atoms with Crippen LogP contribution in [-0.4, -0.2) is 73.0 Å². The fraction of sp³-hybridized carbons (Fsp3) is 0.600. The van der Waals surface area contributed by atoms with Crippen molar-refractivity contribution in [2.45, 2.75) is 38.8 Å². The van der Waals surface area contributed by atoms with Crippen LogP contribution >= 0.6 is 0 Å². The highest BCUT2D eigenvalue weighted by molar-refractivity contribution is 5.97. The van der Waals surface area contributed by atoms with E-state index in [0.717, 1.165) is 51.3 Å². The molecule has 1 atom stereocenters. The van der Waals surface area contributed by atoms with Crippen LogP contribution in [0, 0.1) is 0 Å². The summed E-state index contributed by atoms with van der Waals surface area (Å²) >= 11 is 0. The summed E-state index contributed by atoms with van der Waals surface area (Å²) in [6.07, 6.45) is 1.96. The number of rotatable bonds is 5. The molecule has 0 unspecified atom stereocenters. The van der Waals surface area contributed by atoms with Gasteiger partial charge in [0.25, 0.3) is 0 Å². The Morgan fingerprint density at radius 1 is 1.12 bits per heavy atom. The third-order valence-electron chi connectivity index (χ3n) is 5.14. The van der Waals surface area contributed by atoms with Gasteiger partial charge in [-0.2, -0.15) is 0 Å². The van der Waals surface area contributed by atoms with Crippen molar-refractivity contribution in [3.05, 3.63) is 30.3 Å². The molecule has 0 aromatic heterocycles. The van der Waals surface area contributed by atoms with Gasteiger partial charge in [-0.1, -0.05) is 18.2 Å². The van der Waals surface area contributed by atoms with E-state index >= 15 is 0 Å². The van der Waals surface area contributed by atoms with E-state index in [4.69, 9.17) is 0 Å². The van der Waals surface area contributed by atoms with Crippen molar-refractivity contribution >= 4 is 17.5 Å². The summed E-state index contributed by atoms with van der Waals surface area (Å²) in [6, 6.07) is 10.1. The van der Waals surface area contributed by atoms with Gasteiger partial charge in [-0.05, 0) is 38.8 Å². The summed E-state index contributed by atoms with van der Waals surface area (Å²) in [5.74, 6) is 0.297. The molecule has 2 heterocycles. The predicted octanol–water partition coefficient (Wildman–Crippen LogP) is 1.32. The minimum Gasteiger partial charge on any atom is -0.353 e. The lowest BCUT2D eigenvalue weighted by atomic mass is 10.0. The molecule has 2 fully saturated rings. The molecule has 1 aromatic carbocycles. The van der Waals surface area contributed by atoms with Crippen molar-refractivity contribution < 1.29 is 9.59 Å². The maximum absolute atomic E-state index is 13.0. The van der Waals surface area contributed by atoms with E-state index in [1.165, 1.54) is 0 Å². The van der Waals surface area contributed by atoms with E-state index in [-0.39, 0.29) is 23.9 Å². The number of benzene rings is 1. The minimum absolute atomic E-state index is 0.0319. The number of carbonyl (C=O) groups is 2. The van der Waals surface area contributed by atoms with Crippen molar-refractivity contribution in [2.75, 3.05) is 44.2 Å². The molecule has 2 amide bonds. The maximum atomic E-state index is 13.0. The fourth-order valence-corrected chi connectivity index (χ4v) is 3.86. The monoisotopic (exact) mass is 358 g/mol. The van der Waals surface area contributed by atoms with Crippen LogP contribution in [0.1, 0.15) is 26.7 Å². The van der Waals surface area contributed by atoms with Crippen LogP contribution in [0.15, 0.2) is 30.3 Å². The van der Waals surface area contributed by atoms with Gasteiger partial charge in [0.05, 0.1) is 12.6 Å². The van der Waals surface area contributed by atoms with Crippen molar-refractivity contribution in [3.8, 4) is 0 Å². The van der Waals surface area contributed by atoms with Crippen LogP contribution in [-0.2, 0) is 9.59 Å². The van der Waals surface area contributed by atoms with E-state index < -0.39 is 0 Å². The Hall–Kier alpha value is -1.92. The van der Waals surface area contributed by atoms with E-state index in [1.54, 1.807) is 0 Å². The Labute approximate surface area is 156 Å². The zero-order valence-electron chi connectivity index (χ0n) is 15.9. The summed E-state index contributed by atoms with van der Waals surface area (Å²) in [4.78, 5) is 31.3. The fourth-order valence-electron chi connectivity index (χ4n) is 3.86. The summed E-state index contributed by atoms with van der Waals surface area (Å²) in [5, 5.41) is 2.94. The molecule has 0 aliphatic carbocycles. The van der Waals surface area contributed by atoms with E-state index in [1.807, 2.05) is 49.1 Å². The summed E-state index contributed by atoms with van der Waals surface area (Å²) in [5.41, 5.74) is 0.992. The van der Waals surface area contributed by atoms with Crippen molar-refractivity contribution in [1.82, 2.24) is 15.1 Å². The molecule has 2 aliphatic rings. The topological polar surface area (TPSA) is 55.9 Å². The first kappa shape index (κ1) is 18.9. The van der Waals surface area contributed by atoms with Gasteiger partial charge in [-0.15, -0.1) is 0 Å². The van der Waals surface area contributed by atoms with Crippen molar-refractivity contribution in [2.24, 2.45) is 0 Å². The van der Waals surface area contributed by atoms with Crippen LogP contribution in [0.2, 0.25) is 0 Å². The molecule has 142 valence electrons. The van der Waals surface area contributed by atoms with Gasteiger partial charge in [0.2, 0.25) is 11.8 Å². The maximum Gasteiger partial charge on any atom is 0.244 e. The quantitative estimate of drug-likeness (QED) is 0.863. The molecule has 6 nitrogen and oxygen atoms in total. The second kappa shape index (κ2) is 8.64. The molecule has 0 spiro atoms. The zero-order valence-corrected chi connectivity index (χ0v) is 15.9. The molecule has 2 aliphatic heterocycles. The molecule has 0 saturated carbocycles. The molecular weight excluding hydrogens is 328 g/mol. The highest BCUT2D eigenvalue weighted by Crippen LogP contribution is 2.24. The highest BCUT2D eigenvalue weighted by Gasteiger charge is 2.35. The molecule has 6 heteroatoms. The summed E-state index contributed by atoms with van der Waals surface area (Å²) in [7, 11) is 0. The van der Waals surface area contributed by atoms with Gasteiger partial charge in [0.15, 0.2) is 0 Å². The van der Waals surface area contributed by atoms with Gasteiger partial charge in [-0.3, -0.25) is 19.4 Å². The smallest absolute Gasteiger partial charge is 0.244 e. The second-order valence-corrected chi connectivity index (χ2v) is 7.52. The van der Waals surface area contributed by atoms with Crippen molar-refractivity contribution in [3.63, 3.8) is 0 Å². The zero-order chi connectivity index (χ0) is 18.5. The lowest BCUT2D eigenvalue weighted by Crippen LogP contribution is -2.58. The van der Waals surface area contributed by atoms with Gasteiger partial charge in [0.1, 0.15) is 0 Å². The third-order valence-corrected chi connectivity index (χ3v) is 5.14. The van der Waals surface area contributed by atoms with Gasteiger partial charge in [-0.25, -0.2) is 0 Å². The standard InChI is InChI=1S/C20H30N4O2/c1-16(2)21-19(25)15-22-11-13-23(14-12-22)18-9-6-10-24(20(18)26)17-7-4-3-5-8-17/h3-5,7-8,16,18H,6,9-15H2,1-2H3,(H,21,25)/t18-/m1/s1. The average molecular weight is 358 g/mol. The first-order valence-corrected chi connectivity index (χ1v) is 9.67. The minimum atomic E-state index is -0.0319. The molecule has 1 aromatic rings.